The average Bonchev–Trinajstić information content (AvgIpc) is 2.40. The van der Waals surface area contributed by atoms with E-state index in [-0.39, 0.29) is 11.3 Å². The highest BCUT2D eigenvalue weighted by Gasteiger charge is 2.11. The molecule has 0 heterocycles. The Bertz CT molecular complexity index is 678. The summed E-state index contributed by atoms with van der Waals surface area (Å²) in [6.45, 7) is 6.19. The Morgan fingerprint density at radius 3 is 2.43 bits per heavy atom. The van der Waals surface area contributed by atoms with Crippen LogP contribution in [-0.2, 0) is 0 Å². The summed E-state index contributed by atoms with van der Waals surface area (Å²) in [4.78, 5) is 10.8. The summed E-state index contributed by atoms with van der Waals surface area (Å²) in [5.41, 5.74) is 2.18. The number of hydrogen-bond acceptors (Lipinski definition) is 2. The lowest BCUT2D eigenvalue weighted by molar-refractivity contribution is 0.0696. The van der Waals surface area contributed by atoms with Crippen molar-refractivity contribution < 1.29 is 19.0 Å². The van der Waals surface area contributed by atoms with Gasteiger partial charge in [0.1, 0.15) is 5.75 Å². The van der Waals surface area contributed by atoms with Gasteiger partial charge in [0.25, 0.3) is 0 Å². The Morgan fingerprint density at radius 2 is 1.90 bits per heavy atom. The minimum absolute atomic E-state index is 0.0108. The SMILES string of the molecule is Cc1cc(Oc2ccc(C(=O)O)cc2F)ccc1C(C)C. The number of aromatic carboxylic acids is 1. The molecule has 0 aliphatic rings. The molecule has 0 bridgehead atoms. The molecule has 0 aliphatic heterocycles. The van der Waals surface area contributed by atoms with Crippen LogP contribution in [0.25, 0.3) is 0 Å². The van der Waals surface area contributed by atoms with Crippen LogP contribution in [0.2, 0.25) is 0 Å². The van der Waals surface area contributed by atoms with Crippen LogP contribution in [0.4, 0.5) is 4.39 Å². The molecule has 0 aromatic heterocycles. The number of benzene rings is 2. The zero-order valence-electron chi connectivity index (χ0n) is 12.2. The zero-order valence-corrected chi connectivity index (χ0v) is 12.2. The lowest BCUT2D eigenvalue weighted by atomic mass is 9.98. The third-order valence-corrected chi connectivity index (χ3v) is 3.27. The van der Waals surface area contributed by atoms with Gasteiger partial charge in [-0.15, -0.1) is 0 Å². The topological polar surface area (TPSA) is 46.5 Å². The highest BCUT2D eigenvalue weighted by Crippen LogP contribution is 2.28. The molecule has 0 amide bonds. The summed E-state index contributed by atoms with van der Waals surface area (Å²) >= 11 is 0. The average molecular weight is 288 g/mol. The van der Waals surface area contributed by atoms with Crippen molar-refractivity contribution in [2.24, 2.45) is 0 Å². The predicted octanol–water partition coefficient (Wildman–Crippen LogP) is 4.75. The Kier molecular flexibility index (Phi) is 4.26. The molecule has 0 saturated carbocycles. The van der Waals surface area contributed by atoms with Gasteiger partial charge < -0.3 is 9.84 Å². The van der Waals surface area contributed by atoms with Gasteiger partial charge in [-0.2, -0.15) is 0 Å². The molecule has 110 valence electrons. The van der Waals surface area contributed by atoms with Gasteiger partial charge in [0.2, 0.25) is 0 Å². The number of carbonyl (C=O) groups is 1. The van der Waals surface area contributed by atoms with Gasteiger partial charge in [-0.3, -0.25) is 0 Å². The molecule has 0 radical (unpaired) electrons. The van der Waals surface area contributed by atoms with E-state index in [0.29, 0.717) is 11.7 Å². The summed E-state index contributed by atoms with van der Waals surface area (Å²) in [5, 5.41) is 8.80. The highest BCUT2D eigenvalue weighted by molar-refractivity contribution is 5.87. The molecule has 0 spiro atoms. The molecule has 0 aliphatic carbocycles. The Labute approximate surface area is 123 Å². The minimum atomic E-state index is -1.17. The molecule has 21 heavy (non-hydrogen) atoms. The van der Waals surface area contributed by atoms with E-state index in [2.05, 4.69) is 13.8 Å². The van der Waals surface area contributed by atoms with Crippen LogP contribution in [0, 0.1) is 12.7 Å². The van der Waals surface area contributed by atoms with Crippen molar-refractivity contribution in [1.82, 2.24) is 0 Å². The van der Waals surface area contributed by atoms with Gasteiger partial charge in [-0.1, -0.05) is 19.9 Å². The second-order valence-corrected chi connectivity index (χ2v) is 5.23. The molecule has 1 N–H and O–H groups in total. The van der Waals surface area contributed by atoms with E-state index in [0.717, 1.165) is 11.6 Å². The number of halogens is 1. The third kappa shape index (κ3) is 3.40. The molecular formula is C17H17FO3. The number of rotatable bonds is 4. The lowest BCUT2D eigenvalue weighted by Gasteiger charge is -2.12. The second kappa shape index (κ2) is 5.95. The molecule has 0 unspecified atom stereocenters. The maximum Gasteiger partial charge on any atom is 0.335 e. The van der Waals surface area contributed by atoms with E-state index in [1.54, 1.807) is 6.07 Å². The molecule has 0 atom stereocenters. The third-order valence-electron chi connectivity index (χ3n) is 3.27. The Morgan fingerprint density at radius 1 is 1.19 bits per heavy atom. The molecule has 0 fully saturated rings. The predicted molar refractivity (Wildman–Crippen MR) is 78.7 cm³/mol. The quantitative estimate of drug-likeness (QED) is 0.883. The fourth-order valence-corrected chi connectivity index (χ4v) is 2.20. The van der Waals surface area contributed by atoms with Crippen molar-refractivity contribution in [3.05, 3.63) is 58.9 Å². The lowest BCUT2D eigenvalue weighted by Crippen LogP contribution is -1.98. The fraction of sp³-hybridized carbons (Fsp3) is 0.235. The summed E-state index contributed by atoms with van der Waals surface area (Å²) < 4.78 is 19.3. The van der Waals surface area contributed by atoms with Crippen molar-refractivity contribution >= 4 is 5.97 Å². The smallest absolute Gasteiger partial charge is 0.335 e. The molecule has 0 saturated heterocycles. The van der Waals surface area contributed by atoms with Crippen molar-refractivity contribution in [2.75, 3.05) is 0 Å². The summed E-state index contributed by atoms with van der Waals surface area (Å²) in [7, 11) is 0. The Balaban J connectivity index is 2.26. The van der Waals surface area contributed by atoms with Gasteiger partial charge >= 0.3 is 5.97 Å². The molecule has 3 nitrogen and oxygen atoms in total. The normalized spacial score (nSPS) is 10.7. The standard InChI is InChI=1S/C17H17FO3/c1-10(2)14-6-5-13(8-11(14)3)21-16-7-4-12(17(19)20)9-15(16)18/h4-10H,1-3H3,(H,19,20). The van der Waals surface area contributed by atoms with Crippen molar-refractivity contribution in [1.29, 1.82) is 0 Å². The summed E-state index contributed by atoms with van der Waals surface area (Å²) in [6.07, 6.45) is 0. The highest BCUT2D eigenvalue weighted by atomic mass is 19.1. The maximum absolute atomic E-state index is 13.8. The van der Waals surface area contributed by atoms with E-state index in [1.807, 2.05) is 19.1 Å². The van der Waals surface area contributed by atoms with Crippen LogP contribution in [-0.4, -0.2) is 11.1 Å². The summed E-state index contributed by atoms with van der Waals surface area (Å²) in [5.74, 6) is -0.917. The van der Waals surface area contributed by atoms with E-state index in [1.165, 1.54) is 17.7 Å². The number of aryl methyl sites for hydroxylation is 1. The van der Waals surface area contributed by atoms with Crippen molar-refractivity contribution in [3.8, 4) is 11.5 Å². The van der Waals surface area contributed by atoms with Crippen LogP contribution in [0.15, 0.2) is 36.4 Å². The Hall–Kier alpha value is -2.36. The van der Waals surface area contributed by atoms with Crippen LogP contribution in [0.5, 0.6) is 11.5 Å². The van der Waals surface area contributed by atoms with Crippen LogP contribution in [0.3, 0.4) is 0 Å². The van der Waals surface area contributed by atoms with Crippen LogP contribution >= 0.6 is 0 Å². The van der Waals surface area contributed by atoms with Crippen molar-refractivity contribution in [3.63, 3.8) is 0 Å². The van der Waals surface area contributed by atoms with Crippen molar-refractivity contribution in [2.45, 2.75) is 26.7 Å². The minimum Gasteiger partial charge on any atom is -0.478 e. The first-order valence-corrected chi connectivity index (χ1v) is 6.69. The molecule has 2 aromatic rings. The fourth-order valence-electron chi connectivity index (χ4n) is 2.20. The van der Waals surface area contributed by atoms with Gasteiger partial charge in [0.15, 0.2) is 11.6 Å². The number of carboxylic acids is 1. The number of carboxylic acid groups (broad SMARTS) is 1. The van der Waals surface area contributed by atoms with Gasteiger partial charge in [-0.05, 0) is 54.3 Å². The van der Waals surface area contributed by atoms with Gasteiger partial charge in [-0.25, -0.2) is 9.18 Å². The van der Waals surface area contributed by atoms with E-state index < -0.39 is 11.8 Å². The summed E-state index contributed by atoms with van der Waals surface area (Å²) in [6, 6.07) is 9.18. The molecule has 4 heteroatoms. The van der Waals surface area contributed by atoms with Gasteiger partial charge in [0, 0.05) is 0 Å². The monoisotopic (exact) mass is 288 g/mol. The first kappa shape index (κ1) is 15.0. The molecular weight excluding hydrogens is 271 g/mol. The molecule has 2 rings (SSSR count). The van der Waals surface area contributed by atoms with E-state index >= 15 is 0 Å². The van der Waals surface area contributed by atoms with Gasteiger partial charge in [0.05, 0.1) is 5.56 Å². The first-order chi connectivity index (χ1) is 9.88. The van der Waals surface area contributed by atoms with Crippen LogP contribution < -0.4 is 4.74 Å². The number of ether oxygens (including phenoxy) is 1. The van der Waals surface area contributed by atoms with E-state index in [4.69, 9.17) is 9.84 Å². The van der Waals surface area contributed by atoms with Crippen LogP contribution in [0.1, 0.15) is 41.3 Å². The zero-order chi connectivity index (χ0) is 15.6. The first-order valence-electron chi connectivity index (χ1n) is 6.69. The molecule has 2 aromatic carbocycles. The second-order valence-electron chi connectivity index (χ2n) is 5.23. The number of hydrogen-bond donors (Lipinski definition) is 1. The van der Waals surface area contributed by atoms with E-state index in [9.17, 15) is 9.18 Å². The maximum atomic E-state index is 13.8. The largest absolute Gasteiger partial charge is 0.478 e.